The minimum atomic E-state index is -0.0634. The average Bonchev–Trinajstić information content (AvgIpc) is 2.53. The number of aromatic nitrogens is 2. The van der Waals surface area contributed by atoms with Gasteiger partial charge in [0.1, 0.15) is 12.4 Å². The zero-order valence-corrected chi connectivity index (χ0v) is 12.7. The van der Waals surface area contributed by atoms with E-state index in [-0.39, 0.29) is 11.9 Å². The third-order valence-electron chi connectivity index (χ3n) is 3.32. The number of guanidine groups is 1. The highest BCUT2D eigenvalue weighted by Gasteiger charge is 2.06. The van der Waals surface area contributed by atoms with E-state index < -0.39 is 0 Å². The van der Waals surface area contributed by atoms with Crippen molar-refractivity contribution >= 4 is 22.8 Å². The summed E-state index contributed by atoms with van der Waals surface area (Å²) in [4.78, 5) is 12.5. The Labute approximate surface area is 133 Å². The van der Waals surface area contributed by atoms with Gasteiger partial charge in [-0.3, -0.25) is 0 Å². The number of nitrogens with two attached hydrogens (primary N) is 2. The quantitative estimate of drug-likeness (QED) is 0.569. The van der Waals surface area contributed by atoms with Crippen molar-refractivity contribution < 1.29 is 4.74 Å². The fourth-order valence-corrected chi connectivity index (χ4v) is 2.24. The van der Waals surface area contributed by atoms with Gasteiger partial charge >= 0.3 is 0 Å². The maximum atomic E-state index is 5.83. The Morgan fingerprint density at radius 1 is 1.09 bits per heavy atom. The molecule has 0 aliphatic carbocycles. The smallest absolute Gasteiger partial charge is 0.253 e. The average molecular weight is 307 g/mol. The molecule has 6 nitrogen and oxygen atoms in total. The van der Waals surface area contributed by atoms with E-state index in [0.29, 0.717) is 6.61 Å². The van der Waals surface area contributed by atoms with Crippen LogP contribution in [0.15, 0.2) is 53.5 Å². The van der Waals surface area contributed by atoms with Gasteiger partial charge in [-0.1, -0.05) is 30.3 Å². The summed E-state index contributed by atoms with van der Waals surface area (Å²) in [5, 5.41) is 0.908. The van der Waals surface area contributed by atoms with E-state index in [1.165, 1.54) is 0 Å². The first-order valence-corrected chi connectivity index (χ1v) is 7.16. The molecule has 4 N–H and O–H groups in total. The van der Waals surface area contributed by atoms with Gasteiger partial charge in [-0.05, 0) is 30.7 Å². The third-order valence-corrected chi connectivity index (χ3v) is 3.32. The molecule has 1 heterocycles. The number of benzene rings is 2. The van der Waals surface area contributed by atoms with Gasteiger partial charge in [0, 0.05) is 5.39 Å². The summed E-state index contributed by atoms with van der Waals surface area (Å²) in [5.41, 5.74) is 13.4. The Balaban J connectivity index is 1.87. The van der Waals surface area contributed by atoms with Crippen molar-refractivity contribution in [1.82, 2.24) is 9.97 Å². The minimum Gasteiger partial charge on any atom is -0.489 e. The lowest BCUT2D eigenvalue weighted by Gasteiger charge is -2.08. The van der Waals surface area contributed by atoms with Crippen LogP contribution in [-0.4, -0.2) is 15.9 Å². The van der Waals surface area contributed by atoms with Crippen LogP contribution in [-0.2, 0) is 6.61 Å². The first kappa shape index (κ1) is 14.8. The van der Waals surface area contributed by atoms with Crippen LogP contribution in [0.3, 0.4) is 0 Å². The van der Waals surface area contributed by atoms with Gasteiger partial charge in [0.25, 0.3) is 5.95 Å². The van der Waals surface area contributed by atoms with Crippen LogP contribution in [0.1, 0.15) is 11.3 Å². The molecule has 0 aliphatic rings. The lowest BCUT2D eigenvalue weighted by atomic mass is 10.2. The molecule has 3 rings (SSSR count). The molecule has 2 aromatic carbocycles. The van der Waals surface area contributed by atoms with Gasteiger partial charge in [-0.2, -0.15) is 4.99 Å². The summed E-state index contributed by atoms with van der Waals surface area (Å²) in [6, 6.07) is 15.7. The van der Waals surface area contributed by atoms with Gasteiger partial charge in [0.2, 0.25) is 0 Å². The lowest BCUT2D eigenvalue weighted by molar-refractivity contribution is 0.306. The molecule has 1 aromatic heterocycles. The summed E-state index contributed by atoms with van der Waals surface area (Å²) in [5.74, 6) is 0.960. The van der Waals surface area contributed by atoms with E-state index in [9.17, 15) is 0 Å². The number of aryl methyl sites for hydroxylation is 1. The fraction of sp³-hybridized carbons (Fsp3) is 0.118. The maximum Gasteiger partial charge on any atom is 0.253 e. The van der Waals surface area contributed by atoms with Crippen LogP contribution in [0.4, 0.5) is 5.95 Å². The van der Waals surface area contributed by atoms with Crippen molar-refractivity contribution in [1.29, 1.82) is 0 Å². The molecule has 116 valence electrons. The van der Waals surface area contributed by atoms with E-state index in [4.69, 9.17) is 16.2 Å². The van der Waals surface area contributed by atoms with E-state index in [1.807, 2.05) is 55.5 Å². The number of fused-ring (bicyclic) bond motifs is 1. The summed E-state index contributed by atoms with van der Waals surface area (Å²) < 4.78 is 5.83. The van der Waals surface area contributed by atoms with E-state index >= 15 is 0 Å². The monoisotopic (exact) mass is 307 g/mol. The second kappa shape index (κ2) is 6.31. The molecule has 3 aromatic rings. The Morgan fingerprint density at radius 3 is 2.61 bits per heavy atom. The van der Waals surface area contributed by atoms with E-state index in [1.54, 1.807) is 0 Å². The molecule has 0 amide bonds. The Morgan fingerprint density at radius 2 is 1.87 bits per heavy atom. The zero-order chi connectivity index (χ0) is 16.2. The predicted octanol–water partition coefficient (Wildman–Crippen LogP) is 2.42. The summed E-state index contributed by atoms with van der Waals surface area (Å²) in [7, 11) is 0. The second-order valence-electron chi connectivity index (χ2n) is 5.10. The molecule has 0 atom stereocenters. The molecular weight excluding hydrogens is 290 g/mol. The molecule has 0 unspecified atom stereocenters. The van der Waals surface area contributed by atoms with Crippen LogP contribution < -0.4 is 16.2 Å². The molecule has 0 bridgehead atoms. The van der Waals surface area contributed by atoms with Crippen molar-refractivity contribution in [2.75, 3.05) is 0 Å². The van der Waals surface area contributed by atoms with Gasteiger partial charge in [0.15, 0.2) is 5.96 Å². The number of ether oxygens (including phenoxy) is 1. The first-order chi connectivity index (χ1) is 11.1. The highest BCUT2D eigenvalue weighted by molar-refractivity contribution is 5.84. The van der Waals surface area contributed by atoms with Crippen molar-refractivity contribution in [3.05, 3.63) is 59.8 Å². The van der Waals surface area contributed by atoms with Crippen molar-refractivity contribution in [2.24, 2.45) is 16.5 Å². The molecule has 0 fully saturated rings. The molecule has 23 heavy (non-hydrogen) atoms. The molecule has 6 heteroatoms. The largest absolute Gasteiger partial charge is 0.489 e. The van der Waals surface area contributed by atoms with Crippen LogP contribution in [0, 0.1) is 6.92 Å². The van der Waals surface area contributed by atoms with E-state index in [0.717, 1.165) is 27.9 Å². The summed E-state index contributed by atoms with van der Waals surface area (Å²) >= 11 is 0. The van der Waals surface area contributed by atoms with E-state index in [2.05, 4.69) is 15.0 Å². The first-order valence-electron chi connectivity index (χ1n) is 7.16. The topological polar surface area (TPSA) is 99.4 Å². The second-order valence-corrected chi connectivity index (χ2v) is 5.10. The van der Waals surface area contributed by atoms with Gasteiger partial charge in [-0.25, -0.2) is 9.97 Å². The SMILES string of the molecule is Cc1nc(N=C(N)N)nc2ccc(OCc3ccccc3)cc12. The molecule has 0 saturated carbocycles. The standard InChI is InChI=1S/C17H17N5O/c1-11-14-9-13(23-10-12-5-3-2-4-6-12)7-8-15(14)21-17(20-11)22-16(18)19/h2-9H,10H2,1H3,(H4,18,19,20,21,22). The van der Waals surface area contributed by atoms with Crippen LogP contribution in [0.2, 0.25) is 0 Å². The fourth-order valence-electron chi connectivity index (χ4n) is 2.24. The van der Waals surface area contributed by atoms with Gasteiger partial charge in [-0.15, -0.1) is 0 Å². The molecule has 0 spiro atoms. The number of hydrogen-bond donors (Lipinski definition) is 2. The third kappa shape index (κ3) is 3.55. The highest BCUT2D eigenvalue weighted by atomic mass is 16.5. The van der Waals surface area contributed by atoms with Crippen molar-refractivity contribution in [2.45, 2.75) is 13.5 Å². The van der Waals surface area contributed by atoms with Crippen LogP contribution in [0.25, 0.3) is 10.9 Å². The van der Waals surface area contributed by atoms with Crippen molar-refractivity contribution in [3.8, 4) is 5.75 Å². The van der Waals surface area contributed by atoms with Crippen LogP contribution >= 0.6 is 0 Å². The highest BCUT2D eigenvalue weighted by Crippen LogP contribution is 2.24. The summed E-state index contributed by atoms with van der Waals surface area (Å²) in [6.45, 7) is 2.40. The Hall–Kier alpha value is -3.15. The van der Waals surface area contributed by atoms with Crippen LogP contribution in [0.5, 0.6) is 5.75 Å². The van der Waals surface area contributed by atoms with Gasteiger partial charge < -0.3 is 16.2 Å². The number of hydrogen-bond acceptors (Lipinski definition) is 4. The summed E-state index contributed by atoms with van der Waals surface area (Å²) in [6.07, 6.45) is 0. The number of aliphatic imine (C=N–C) groups is 1. The Kier molecular flexibility index (Phi) is 4.05. The normalized spacial score (nSPS) is 10.5. The number of nitrogens with zero attached hydrogens (tertiary/aromatic N) is 3. The molecule has 0 aliphatic heterocycles. The molecule has 0 saturated heterocycles. The lowest BCUT2D eigenvalue weighted by Crippen LogP contribution is -2.22. The maximum absolute atomic E-state index is 5.83. The molecular formula is C17H17N5O. The predicted molar refractivity (Wildman–Crippen MR) is 90.5 cm³/mol. The molecule has 0 radical (unpaired) electrons. The zero-order valence-electron chi connectivity index (χ0n) is 12.7. The van der Waals surface area contributed by atoms with Gasteiger partial charge in [0.05, 0.1) is 11.2 Å². The number of rotatable bonds is 4. The minimum absolute atomic E-state index is 0.0634. The Bertz CT molecular complexity index is 857. The van der Waals surface area contributed by atoms with Crippen molar-refractivity contribution in [3.63, 3.8) is 0 Å².